The lowest BCUT2D eigenvalue weighted by Gasteiger charge is -2.21. The van der Waals surface area contributed by atoms with Crippen molar-refractivity contribution in [2.24, 2.45) is 0 Å². The highest BCUT2D eigenvalue weighted by atomic mass is 79.9. The van der Waals surface area contributed by atoms with E-state index >= 15 is 0 Å². The van der Waals surface area contributed by atoms with E-state index in [1.165, 1.54) is 19.3 Å². The van der Waals surface area contributed by atoms with Gasteiger partial charge in [0, 0.05) is 16.4 Å². The Labute approximate surface area is 122 Å². The lowest BCUT2D eigenvalue weighted by Crippen LogP contribution is -2.40. The molecule has 0 heterocycles. The molecule has 2 rings (SSSR count). The second-order valence-corrected chi connectivity index (χ2v) is 6.14. The minimum atomic E-state index is -0.000923. The number of benzene rings is 1. The Hall–Kier alpha value is -1.03. The first kappa shape index (κ1) is 14.4. The van der Waals surface area contributed by atoms with Gasteiger partial charge in [0.15, 0.2) is 0 Å². The Balaban J connectivity index is 1.98. The van der Waals surface area contributed by atoms with E-state index in [4.69, 9.17) is 4.74 Å². The van der Waals surface area contributed by atoms with Gasteiger partial charge in [0.05, 0.1) is 7.11 Å². The number of carbonyl (C=O) groups excluding carboxylic acids is 1. The lowest BCUT2D eigenvalue weighted by atomic mass is 10.1. The number of alkyl halides is 1. The maximum absolute atomic E-state index is 12.2. The maximum Gasteiger partial charge on any atom is 0.251 e. The zero-order valence-corrected chi connectivity index (χ0v) is 12.8. The molecule has 0 radical (unpaired) electrons. The smallest absolute Gasteiger partial charge is 0.251 e. The van der Waals surface area contributed by atoms with E-state index in [0.29, 0.717) is 10.4 Å². The van der Waals surface area contributed by atoms with E-state index in [2.05, 4.69) is 21.2 Å². The molecule has 0 aliphatic heterocycles. The molecule has 0 bridgehead atoms. The van der Waals surface area contributed by atoms with Gasteiger partial charge in [-0.05, 0) is 37.1 Å². The molecule has 1 N–H and O–H groups in total. The van der Waals surface area contributed by atoms with E-state index in [0.717, 1.165) is 18.6 Å². The Bertz CT molecular complexity index is 419. The van der Waals surface area contributed by atoms with E-state index < -0.39 is 0 Å². The fourth-order valence-corrected chi connectivity index (χ4v) is 3.14. The van der Waals surface area contributed by atoms with Crippen molar-refractivity contribution >= 4 is 21.8 Å². The van der Waals surface area contributed by atoms with Gasteiger partial charge in [-0.2, -0.15) is 0 Å². The quantitative estimate of drug-likeness (QED) is 0.682. The highest BCUT2D eigenvalue weighted by Gasteiger charge is 2.23. The Morgan fingerprint density at radius 2 is 1.89 bits per heavy atom. The third kappa shape index (κ3) is 3.96. The second-order valence-electron chi connectivity index (χ2n) is 4.96. The van der Waals surface area contributed by atoms with Crippen LogP contribution < -0.4 is 10.1 Å². The van der Waals surface area contributed by atoms with Crippen molar-refractivity contribution in [1.29, 1.82) is 0 Å². The van der Waals surface area contributed by atoms with Crippen LogP contribution in [0.15, 0.2) is 24.3 Å². The minimum absolute atomic E-state index is 0.000923. The third-order valence-corrected chi connectivity index (χ3v) is 4.70. The summed E-state index contributed by atoms with van der Waals surface area (Å²) in [5.41, 5.74) is 0.685. The van der Waals surface area contributed by atoms with E-state index in [9.17, 15) is 4.79 Å². The van der Waals surface area contributed by atoms with Crippen molar-refractivity contribution in [2.75, 3.05) is 7.11 Å². The summed E-state index contributed by atoms with van der Waals surface area (Å²) >= 11 is 3.69. The number of halogens is 1. The predicted molar refractivity (Wildman–Crippen MR) is 80.0 cm³/mol. The first-order valence-electron chi connectivity index (χ1n) is 6.79. The summed E-state index contributed by atoms with van der Waals surface area (Å²) < 4.78 is 5.09. The molecule has 1 aromatic carbocycles. The van der Waals surface area contributed by atoms with Crippen LogP contribution in [0.4, 0.5) is 0 Å². The van der Waals surface area contributed by atoms with Crippen LogP contribution in [0, 0.1) is 0 Å². The average molecular weight is 326 g/mol. The maximum atomic E-state index is 12.2. The summed E-state index contributed by atoms with van der Waals surface area (Å²) in [7, 11) is 1.62. The van der Waals surface area contributed by atoms with Gasteiger partial charge in [0.2, 0.25) is 0 Å². The first-order valence-corrected chi connectivity index (χ1v) is 7.71. The standard InChI is InChI=1S/C15H20BrNO2/c1-19-12-9-7-11(8-10-12)15(18)17-14-6-4-2-3-5-13(14)16/h7-10,13-14H,2-6H2,1H3,(H,17,18). The summed E-state index contributed by atoms with van der Waals surface area (Å²) in [6.07, 6.45) is 5.88. The highest BCUT2D eigenvalue weighted by Crippen LogP contribution is 2.24. The SMILES string of the molecule is COc1ccc(C(=O)NC2CCCCCC2Br)cc1. The van der Waals surface area contributed by atoms with Crippen LogP contribution >= 0.6 is 15.9 Å². The van der Waals surface area contributed by atoms with Crippen molar-refractivity contribution in [3.8, 4) is 5.75 Å². The second kappa shape index (κ2) is 6.94. The number of ether oxygens (including phenoxy) is 1. The molecule has 4 heteroatoms. The lowest BCUT2D eigenvalue weighted by molar-refractivity contribution is 0.0935. The van der Waals surface area contributed by atoms with Crippen molar-refractivity contribution in [1.82, 2.24) is 5.32 Å². The van der Waals surface area contributed by atoms with Crippen LogP contribution in [0.25, 0.3) is 0 Å². The number of amides is 1. The van der Waals surface area contributed by atoms with Gasteiger partial charge in [-0.3, -0.25) is 4.79 Å². The predicted octanol–water partition coefficient (Wildman–Crippen LogP) is 3.52. The van der Waals surface area contributed by atoms with Gasteiger partial charge in [-0.15, -0.1) is 0 Å². The molecular formula is C15H20BrNO2. The molecule has 1 saturated carbocycles. The number of carbonyl (C=O) groups is 1. The van der Waals surface area contributed by atoms with Crippen molar-refractivity contribution in [3.63, 3.8) is 0 Å². The monoisotopic (exact) mass is 325 g/mol. The molecule has 0 saturated heterocycles. The molecular weight excluding hydrogens is 306 g/mol. The molecule has 2 unspecified atom stereocenters. The zero-order chi connectivity index (χ0) is 13.7. The van der Waals surface area contributed by atoms with Crippen LogP contribution in [-0.4, -0.2) is 23.9 Å². The number of methoxy groups -OCH3 is 1. The first-order chi connectivity index (χ1) is 9.20. The van der Waals surface area contributed by atoms with Gasteiger partial charge < -0.3 is 10.1 Å². The van der Waals surface area contributed by atoms with Crippen LogP contribution in [0.5, 0.6) is 5.75 Å². The van der Waals surface area contributed by atoms with Crippen molar-refractivity contribution in [3.05, 3.63) is 29.8 Å². The normalized spacial score (nSPS) is 23.5. The molecule has 1 aliphatic carbocycles. The Morgan fingerprint density at radius 3 is 2.58 bits per heavy atom. The van der Waals surface area contributed by atoms with Crippen LogP contribution in [0.2, 0.25) is 0 Å². The molecule has 19 heavy (non-hydrogen) atoms. The van der Waals surface area contributed by atoms with E-state index in [-0.39, 0.29) is 11.9 Å². The van der Waals surface area contributed by atoms with Gasteiger partial charge in [-0.1, -0.05) is 35.2 Å². The average Bonchev–Trinajstić information content (AvgIpc) is 2.64. The number of hydrogen-bond acceptors (Lipinski definition) is 2. The van der Waals surface area contributed by atoms with Crippen LogP contribution in [0.1, 0.15) is 42.5 Å². The van der Waals surface area contributed by atoms with Crippen LogP contribution in [-0.2, 0) is 0 Å². The number of rotatable bonds is 3. The van der Waals surface area contributed by atoms with Gasteiger partial charge in [0.1, 0.15) is 5.75 Å². The molecule has 2 atom stereocenters. The van der Waals surface area contributed by atoms with Gasteiger partial charge in [0.25, 0.3) is 5.91 Å². The highest BCUT2D eigenvalue weighted by molar-refractivity contribution is 9.09. The van der Waals surface area contributed by atoms with Gasteiger partial charge >= 0.3 is 0 Å². The fourth-order valence-electron chi connectivity index (χ4n) is 2.42. The molecule has 3 nitrogen and oxygen atoms in total. The summed E-state index contributed by atoms with van der Waals surface area (Å²) in [6.45, 7) is 0. The number of hydrogen-bond donors (Lipinski definition) is 1. The summed E-state index contributed by atoms with van der Waals surface area (Å²) in [4.78, 5) is 12.6. The van der Waals surface area contributed by atoms with Gasteiger partial charge in [-0.25, -0.2) is 0 Å². The fraction of sp³-hybridized carbons (Fsp3) is 0.533. The van der Waals surface area contributed by atoms with Crippen LogP contribution in [0.3, 0.4) is 0 Å². The molecule has 1 fully saturated rings. The van der Waals surface area contributed by atoms with E-state index in [1.54, 1.807) is 19.2 Å². The van der Waals surface area contributed by atoms with Crippen molar-refractivity contribution in [2.45, 2.75) is 43.0 Å². The topological polar surface area (TPSA) is 38.3 Å². The van der Waals surface area contributed by atoms with E-state index in [1.807, 2.05) is 12.1 Å². The Kier molecular flexibility index (Phi) is 5.25. The number of nitrogens with one attached hydrogen (secondary N) is 1. The molecule has 1 aliphatic rings. The summed E-state index contributed by atoms with van der Waals surface area (Å²) in [5, 5.41) is 3.14. The largest absolute Gasteiger partial charge is 0.497 e. The molecule has 104 valence electrons. The summed E-state index contributed by atoms with van der Waals surface area (Å²) in [6, 6.07) is 7.46. The minimum Gasteiger partial charge on any atom is -0.497 e. The molecule has 1 amide bonds. The third-order valence-electron chi connectivity index (χ3n) is 3.60. The Morgan fingerprint density at radius 1 is 1.21 bits per heavy atom. The van der Waals surface area contributed by atoms with Crippen molar-refractivity contribution < 1.29 is 9.53 Å². The molecule has 1 aromatic rings. The molecule has 0 spiro atoms. The molecule has 0 aromatic heterocycles. The summed E-state index contributed by atoms with van der Waals surface area (Å²) in [5.74, 6) is 0.767. The zero-order valence-electron chi connectivity index (χ0n) is 11.2.